The summed E-state index contributed by atoms with van der Waals surface area (Å²) >= 11 is 0. The first-order valence-electron chi connectivity index (χ1n) is 7.60. The lowest BCUT2D eigenvalue weighted by molar-refractivity contribution is -0.385. The molecule has 138 valence electrons. The molecule has 2 aromatic carbocycles. The van der Waals surface area contributed by atoms with Crippen molar-refractivity contribution in [3.63, 3.8) is 0 Å². The van der Waals surface area contributed by atoms with E-state index in [2.05, 4.69) is 5.32 Å². The van der Waals surface area contributed by atoms with Crippen LogP contribution >= 0.6 is 0 Å². The van der Waals surface area contributed by atoms with E-state index in [1.54, 1.807) is 30.3 Å². The van der Waals surface area contributed by atoms with Crippen molar-refractivity contribution in [2.24, 2.45) is 0 Å². The van der Waals surface area contributed by atoms with Crippen molar-refractivity contribution >= 4 is 17.3 Å². The lowest BCUT2D eigenvalue weighted by Crippen LogP contribution is -2.33. The smallest absolute Gasteiger partial charge is 0.372 e. The van der Waals surface area contributed by atoms with Gasteiger partial charge in [-0.05, 0) is 18.2 Å². The second-order valence-electron chi connectivity index (χ2n) is 5.50. The fourth-order valence-electron chi connectivity index (χ4n) is 2.35. The SMILES string of the molecule is CN(CCNC(=O)c1ccccc1)c1ccc([N+](=O)[O-])cc1C(F)(F)F. The number of likely N-dealkylation sites (N-methyl/N-ethyl adjacent to an activating group) is 1. The Labute approximate surface area is 147 Å². The summed E-state index contributed by atoms with van der Waals surface area (Å²) in [7, 11) is 1.42. The number of halogens is 3. The van der Waals surface area contributed by atoms with Gasteiger partial charge in [0, 0.05) is 43.5 Å². The van der Waals surface area contributed by atoms with E-state index >= 15 is 0 Å². The van der Waals surface area contributed by atoms with Gasteiger partial charge in [-0.1, -0.05) is 18.2 Å². The number of hydrogen-bond donors (Lipinski definition) is 1. The summed E-state index contributed by atoms with van der Waals surface area (Å²) in [5.74, 6) is -0.334. The number of alkyl halides is 3. The molecular weight excluding hydrogens is 351 g/mol. The number of anilines is 1. The molecule has 2 aromatic rings. The van der Waals surface area contributed by atoms with Crippen LogP contribution in [0, 0.1) is 10.1 Å². The topological polar surface area (TPSA) is 75.5 Å². The van der Waals surface area contributed by atoms with Crippen LogP contribution in [0.4, 0.5) is 24.5 Å². The molecule has 0 saturated carbocycles. The molecule has 0 spiro atoms. The van der Waals surface area contributed by atoms with Gasteiger partial charge in [-0.15, -0.1) is 0 Å². The zero-order valence-corrected chi connectivity index (χ0v) is 13.8. The van der Waals surface area contributed by atoms with Crippen LogP contribution in [0.3, 0.4) is 0 Å². The highest BCUT2D eigenvalue weighted by atomic mass is 19.4. The summed E-state index contributed by atoms with van der Waals surface area (Å²) in [6.45, 7) is 0.206. The number of carbonyl (C=O) groups excluding carboxylic acids is 1. The van der Waals surface area contributed by atoms with Crippen molar-refractivity contribution < 1.29 is 22.9 Å². The van der Waals surface area contributed by atoms with E-state index in [0.717, 1.165) is 12.1 Å². The van der Waals surface area contributed by atoms with Crippen LogP contribution < -0.4 is 10.2 Å². The summed E-state index contributed by atoms with van der Waals surface area (Å²) in [6, 6.07) is 11.0. The molecule has 2 rings (SSSR count). The fourth-order valence-corrected chi connectivity index (χ4v) is 2.35. The van der Waals surface area contributed by atoms with E-state index in [9.17, 15) is 28.1 Å². The second-order valence-corrected chi connectivity index (χ2v) is 5.50. The molecule has 6 nitrogen and oxygen atoms in total. The number of amides is 1. The number of rotatable bonds is 6. The second kappa shape index (κ2) is 7.85. The minimum atomic E-state index is -4.73. The zero-order chi connectivity index (χ0) is 19.3. The summed E-state index contributed by atoms with van der Waals surface area (Å²) in [5.41, 5.74) is -1.48. The van der Waals surface area contributed by atoms with Gasteiger partial charge < -0.3 is 10.2 Å². The van der Waals surface area contributed by atoms with Gasteiger partial charge in [0.1, 0.15) is 0 Å². The van der Waals surface area contributed by atoms with Crippen LogP contribution in [0.2, 0.25) is 0 Å². The molecule has 0 aliphatic heterocycles. The Morgan fingerprint density at radius 1 is 1.19 bits per heavy atom. The Hall–Kier alpha value is -3.10. The largest absolute Gasteiger partial charge is 0.418 e. The predicted molar refractivity (Wildman–Crippen MR) is 90.1 cm³/mol. The third-order valence-corrected chi connectivity index (χ3v) is 3.68. The van der Waals surface area contributed by atoms with Gasteiger partial charge in [0.05, 0.1) is 10.5 Å². The van der Waals surface area contributed by atoms with Crippen molar-refractivity contribution in [1.82, 2.24) is 5.32 Å². The Balaban J connectivity index is 2.08. The first-order valence-corrected chi connectivity index (χ1v) is 7.60. The first-order chi connectivity index (χ1) is 12.2. The van der Waals surface area contributed by atoms with Gasteiger partial charge in [-0.2, -0.15) is 13.2 Å². The number of nitro benzene ring substituents is 1. The number of non-ortho nitro benzene ring substituents is 1. The molecule has 26 heavy (non-hydrogen) atoms. The van der Waals surface area contributed by atoms with Crippen molar-refractivity contribution in [3.05, 3.63) is 69.8 Å². The first kappa shape index (κ1) is 19.2. The number of carbonyl (C=O) groups is 1. The molecule has 0 aromatic heterocycles. The molecule has 9 heteroatoms. The fraction of sp³-hybridized carbons (Fsp3) is 0.235. The number of nitrogens with zero attached hydrogens (tertiary/aromatic N) is 2. The van der Waals surface area contributed by atoms with Gasteiger partial charge in [-0.25, -0.2) is 0 Å². The standard InChI is InChI=1S/C17H16F3N3O3/c1-22(10-9-21-16(24)12-5-3-2-4-6-12)15-8-7-13(23(25)26)11-14(15)17(18,19)20/h2-8,11H,9-10H2,1H3,(H,21,24). The van der Waals surface area contributed by atoms with Crippen LogP contribution in [0.5, 0.6) is 0 Å². The summed E-state index contributed by atoms with van der Waals surface area (Å²) < 4.78 is 39.6. The normalized spacial score (nSPS) is 11.1. The van der Waals surface area contributed by atoms with Crippen molar-refractivity contribution in [1.29, 1.82) is 0 Å². The molecule has 0 saturated heterocycles. The molecule has 0 unspecified atom stereocenters. The molecule has 0 fully saturated rings. The van der Waals surface area contributed by atoms with E-state index in [1.807, 2.05) is 0 Å². The minimum absolute atomic E-state index is 0.0967. The number of hydrogen-bond acceptors (Lipinski definition) is 4. The number of benzene rings is 2. The molecule has 0 heterocycles. The highest BCUT2D eigenvalue weighted by Crippen LogP contribution is 2.38. The predicted octanol–water partition coefficient (Wildman–Crippen LogP) is 3.48. The van der Waals surface area contributed by atoms with E-state index in [-0.39, 0.29) is 24.7 Å². The van der Waals surface area contributed by atoms with E-state index in [1.165, 1.54) is 11.9 Å². The Morgan fingerprint density at radius 2 is 1.85 bits per heavy atom. The highest BCUT2D eigenvalue weighted by molar-refractivity contribution is 5.94. The summed E-state index contributed by atoms with van der Waals surface area (Å²) in [5, 5.41) is 13.3. The molecule has 0 atom stereocenters. The van der Waals surface area contributed by atoms with Crippen LogP contribution in [-0.2, 0) is 6.18 Å². The number of nitro groups is 1. The summed E-state index contributed by atoms with van der Waals surface area (Å²) in [6.07, 6.45) is -4.73. The molecule has 1 N–H and O–H groups in total. The van der Waals surface area contributed by atoms with Gasteiger partial charge in [-0.3, -0.25) is 14.9 Å². The van der Waals surface area contributed by atoms with E-state index < -0.39 is 22.4 Å². The quantitative estimate of drug-likeness (QED) is 0.627. The van der Waals surface area contributed by atoms with Crippen LogP contribution in [0.1, 0.15) is 15.9 Å². The maximum absolute atomic E-state index is 13.2. The molecule has 1 amide bonds. The van der Waals surface area contributed by atoms with Gasteiger partial charge in [0.25, 0.3) is 11.6 Å². The maximum Gasteiger partial charge on any atom is 0.418 e. The van der Waals surface area contributed by atoms with Gasteiger partial charge >= 0.3 is 6.18 Å². The average molecular weight is 367 g/mol. The Bertz CT molecular complexity index is 795. The molecular formula is C17H16F3N3O3. The number of nitrogens with one attached hydrogen (secondary N) is 1. The molecule has 0 aliphatic carbocycles. The minimum Gasteiger partial charge on any atom is -0.372 e. The highest BCUT2D eigenvalue weighted by Gasteiger charge is 2.36. The van der Waals surface area contributed by atoms with Crippen LogP contribution in [0.15, 0.2) is 48.5 Å². The average Bonchev–Trinajstić information content (AvgIpc) is 2.60. The van der Waals surface area contributed by atoms with Gasteiger partial charge in [0.2, 0.25) is 0 Å². The third kappa shape index (κ3) is 4.71. The Kier molecular flexibility index (Phi) is 5.81. The Morgan fingerprint density at radius 3 is 2.42 bits per heavy atom. The summed E-state index contributed by atoms with van der Waals surface area (Å²) in [4.78, 5) is 23.1. The lowest BCUT2D eigenvalue weighted by atomic mass is 10.1. The molecule has 0 radical (unpaired) electrons. The zero-order valence-electron chi connectivity index (χ0n) is 13.8. The van der Waals surface area contributed by atoms with E-state index in [4.69, 9.17) is 0 Å². The van der Waals surface area contributed by atoms with Crippen molar-refractivity contribution in [2.45, 2.75) is 6.18 Å². The monoisotopic (exact) mass is 367 g/mol. The van der Waals surface area contributed by atoms with Crippen molar-refractivity contribution in [3.8, 4) is 0 Å². The van der Waals surface area contributed by atoms with E-state index in [0.29, 0.717) is 11.6 Å². The maximum atomic E-state index is 13.2. The van der Waals surface area contributed by atoms with Crippen LogP contribution in [0.25, 0.3) is 0 Å². The van der Waals surface area contributed by atoms with Crippen LogP contribution in [-0.4, -0.2) is 31.0 Å². The third-order valence-electron chi connectivity index (χ3n) is 3.68. The molecule has 0 aliphatic rings. The lowest BCUT2D eigenvalue weighted by Gasteiger charge is -2.23. The van der Waals surface area contributed by atoms with Crippen molar-refractivity contribution in [2.75, 3.05) is 25.0 Å². The molecule has 0 bridgehead atoms. The van der Waals surface area contributed by atoms with Gasteiger partial charge in [0.15, 0.2) is 0 Å².